The van der Waals surface area contributed by atoms with Gasteiger partial charge in [0.2, 0.25) is 0 Å². The van der Waals surface area contributed by atoms with Gasteiger partial charge in [0.25, 0.3) is 0 Å². The van der Waals surface area contributed by atoms with E-state index >= 15 is 0 Å². The smallest absolute Gasteiger partial charge is 0.299 e. The number of hydrogen-bond donors (Lipinski definition) is 0. The molecule has 2 aromatic rings. The summed E-state index contributed by atoms with van der Waals surface area (Å²) in [5.74, 6) is 0. The minimum Gasteiger partial charge on any atom is -0.299 e. The van der Waals surface area contributed by atoms with Gasteiger partial charge >= 0.3 is 6.18 Å². The Morgan fingerprint density at radius 3 is 2.48 bits per heavy atom. The van der Waals surface area contributed by atoms with Gasteiger partial charge in [-0.05, 0) is 73.2 Å². The highest BCUT2D eigenvalue weighted by atomic mass is 35.5. The summed E-state index contributed by atoms with van der Waals surface area (Å²) >= 11 is 0. The second-order valence-electron chi connectivity index (χ2n) is 6.67. The first kappa shape index (κ1) is 21.5. The average Bonchev–Trinajstić information content (AvgIpc) is 2.66. The molecule has 0 bridgehead atoms. The fourth-order valence-corrected chi connectivity index (χ4v) is 3.29. The number of halogens is 4. The standard InChI is InChI=1S/C21H23F3N2.ClH/c22-21(23,24)20-6-3-5-19(16-20)18-9-14-26(15-10-18)13-2-1-4-17-7-11-25-12-8-17;/h3,5-9,11-12,16H,1-2,4,10,13-15H2;1H. The van der Waals surface area contributed by atoms with Crippen LogP contribution in [0.15, 0.2) is 54.9 Å². The summed E-state index contributed by atoms with van der Waals surface area (Å²) in [6.07, 6.45) is 5.53. The Kier molecular flexibility index (Phi) is 7.87. The van der Waals surface area contributed by atoms with Gasteiger partial charge < -0.3 is 0 Å². The molecule has 0 aliphatic carbocycles. The SMILES string of the molecule is Cl.FC(F)(F)c1cccc(C2=CCN(CCCCc3ccncc3)CC2)c1. The molecule has 2 heterocycles. The van der Waals surface area contributed by atoms with Gasteiger partial charge in [-0.25, -0.2) is 0 Å². The first-order chi connectivity index (χ1) is 12.5. The molecule has 1 aromatic carbocycles. The van der Waals surface area contributed by atoms with E-state index < -0.39 is 11.7 Å². The lowest BCUT2D eigenvalue weighted by Crippen LogP contribution is -2.29. The molecule has 3 rings (SSSR count). The number of benzene rings is 1. The van der Waals surface area contributed by atoms with Crippen LogP contribution < -0.4 is 0 Å². The Morgan fingerprint density at radius 1 is 1.04 bits per heavy atom. The van der Waals surface area contributed by atoms with E-state index in [4.69, 9.17) is 0 Å². The van der Waals surface area contributed by atoms with Crippen LogP contribution in [0.1, 0.15) is 36.0 Å². The zero-order chi connectivity index (χ0) is 18.4. The molecule has 0 atom stereocenters. The molecular formula is C21H24ClF3N2. The van der Waals surface area contributed by atoms with E-state index in [0.29, 0.717) is 5.56 Å². The predicted molar refractivity (Wildman–Crippen MR) is 105 cm³/mol. The second-order valence-corrected chi connectivity index (χ2v) is 6.67. The van der Waals surface area contributed by atoms with Crippen molar-refractivity contribution in [1.29, 1.82) is 0 Å². The van der Waals surface area contributed by atoms with Crippen molar-refractivity contribution in [2.45, 2.75) is 31.9 Å². The van der Waals surface area contributed by atoms with Crippen LogP contribution in [0.3, 0.4) is 0 Å². The molecule has 0 amide bonds. The van der Waals surface area contributed by atoms with Gasteiger partial charge in [0.15, 0.2) is 0 Å². The van der Waals surface area contributed by atoms with Crippen LogP contribution >= 0.6 is 12.4 Å². The van der Waals surface area contributed by atoms with Gasteiger partial charge in [-0.1, -0.05) is 18.2 Å². The number of aromatic nitrogens is 1. The zero-order valence-corrected chi connectivity index (χ0v) is 15.9. The third kappa shape index (κ3) is 6.36. The summed E-state index contributed by atoms with van der Waals surface area (Å²) in [6.45, 7) is 2.73. The van der Waals surface area contributed by atoms with Crippen molar-refractivity contribution >= 4 is 18.0 Å². The van der Waals surface area contributed by atoms with Crippen molar-refractivity contribution in [2.75, 3.05) is 19.6 Å². The highest BCUT2D eigenvalue weighted by Gasteiger charge is 2.30. The van der Waals surface area contributed by atoms with Crippen molar-refractivity contribution in [3.8, 4) is 0 Å². The Balaban J connectivity index is 0.00000261. The predicted octanol–water partition coefficient (Wildman–Crippen LogP) is 5.63. The van der Waals surface area contributed by atoms with Crippen LogP contribution in [0.4, 0.5) is 13.2 Å². The zero-order valence-electron chi connectivity index (χ0n) is 15.1. The molecule has 0 unspecified atom stereocenters. The maximum absolute atomic E-state index is 12.9. The van der Waals surface area contributed by atoms with E-state index in [2.05, 4.69) is 16.0 Å². The molecule has 27 heavy (non-hydrogen) atoms. The quantitative estimate of drug-likeness (QED) is 0.588. The Bertz CT molecular complexity index is 745. The van der Waals surface area contributed by atoms with Crippen LogP contribution in [-0.2, 0) is 12.6 Å². The van der Waals surface area contributed by atoms with Gasteiger partial charge in [0.05, 0.1) is 5.56 Å². The van der Waals surface area contributed by atoms with Crippen LogP contribution in [0.5, 0.6) is 0 Å². The molecule has 0 saturated carbocycles. The van der Waals surface area contributed by atoms with Gasteiger partial charge in [0, 0.05) is 25.5 Å². The van der Waals surface area contributed by atoms with Crippen LogP contribution in [0, 0.1) is 0 Å². The van der Waals surface area contributed by atoms with E-state index in [-0.39, 0.29) is 12.4 Å². The second kappa shape index (κ2) is 9.90. The van der Waals surface area contributed by atoms with Crippen molar-refractivity contribution in [3.05, 3.63) is 71.6 Å². The van der Waals surface area contributed by atoms with Gasteiger partial charge in [0.1, 0.15) is 0 Å². The average molecular weight is 397 g/mol. The fourth-order valence-electron chi connectivity index (χ4n) is 3.29. The molecule has 146 valence electrons. The minimum absolute atomic E-state index is 0. The van der Waals surface area contributed by atoms with E-state index in [0.717, 1.165) is 57.0 Å². The molecule has 1 aromatic heterocycles. The summed E-state index contributed by atoms with van der Waals surface area (Å²) in [7, 11) is 0. The van der Waals surface area contributed by atoms with Crippen LogP contribution in [0.2, 0.25) is 0 Å². The van der Waals surface area contributed by atoms with E-state index in [1.807, 2.05) is 24.5 Å². The molecule has 0 saturated heterocycles. The highest BCUT2D eigenvalue weighted by molar-refractivity contribution is 5.85. The van der Waals surface area contributed by atoms with E-state index in [1.54, 1.807) is 6.07 Å². The Morgan fingerprint density at radius 2 is 1.81 bits per heavy atom. The number of pyridine rings is 1. The molecule has 6 heteroatoms. The van der Waals surface area contributed by atoms with Crippen molar-refractivity contribution in [1.82, 2.24) is 9.88 Å². The van der Waals surface area contributed by atoms with Crippen molar-refractivity contribution < 1.29 is 13.2 Å². The van der Waals surface area contributed by atoms with Crippen LogP contribution in [0.25, 0.3) is 5.57 Å². The molecule has 1 aliphatic rings. The molecule has 0 fully saturated rings. The summed E-state index contributed by atoms with van der Waals surface area (Å²) in [5, 5.41) is 0. The van der Waals surface area contributed by atoms with Crippen molar-refractivity contribution in [3.63, 3.8) is 0 Å². The first-order valence-electron chi connectivity index (χ1n) is 9.00. The number of hydrogen-bond acceptors (Lipinski definition) is 2. The molecular weight excluding hydrogens is 373 g/mol. The maximum atomic E-state index is 12.9. The molecule has 1 aliphatic heterocycles. The molecule has 2 nitrogen and oxygen atoms in total. The summed E-state index contributed by atoms with van der Waals surface area (Å²) in [4.78, 5) is 6.39. The maximum Gasteiger partial charge on any atom is 0.416 e. The minimum atomic E-state index is -4.29. The van der Waals surface area contributed by atoms with E-state index in [9.17, 15) is 13.2 Å². The summed E-state index contributed by atoms with van der Waals surface area (Å²) in [6, 6.07) is 9.74. The van der Waals surface area contributed by atoms with Gasteiger partial charge in [-0.2, -0.15) is 13.2 Å². The fraction of sp³-hybridized carbons (Fsp3) is 0.381. The van der Waals surface area contributed by atoms with Crippen molar-refractivity contribution in [2.24, 2.45) is 0 Å². The molecule has 0 N–H and O–H groups in total. The Hall–Kier alpha value is -1.85. The largest absolute Gasteiger partial charge is 0.416 e. The highest BCUT2D eigenvalue weighted by Crippen LogP contribution is 2.32. The lowest BCUT2D eigenvalue weighted by molar-refractivity contribution is -0.137. The first-order valence-corrected chi connectivity index (χ1v) is 9.00. The van der Waals surface area contributed by atoms with Gasteiger partial charge in [-0.15, -0.1) is 12.4 Å². The number of aryl methyl sites for hydroxylation is 1. The monoisotopic (exact) mass is 396 g/mol. The molecule has 0 radical (unpaired) electrons. The number of alkyl halides is 3. The third-order valence-electron chi connectivity index (χ3n) is 4.79. The lowest BCUT2D eigenvalue weighted by Gasteiger charge is -2.26. The normalized spacial score (nSPS) is 15.1. The summed E-state index contributed by atoms with van der Waals surface area (Å²) < 4.78 is 38.6. The lowest BCUT2D eigenvalue weighted by atomic mass is 9.97. The van der Waals surface area contributed by atoms with Gasteiger partial charge in [-0.3, -0.25) is 9.88 Å². The third-order valence-corrected chi connectivity index (χ3v) is 4.79. The number of unbranched alkanes of at least 4 members (excludes halogenated alkanes) is 1. The van der Waals surface area contributed by atoms with E-state index in [1.165, 1.54) is 17.7 Å². The number of rotatable bonds is 6. The molecule has 0 spiro atoms. The summed E-state index contributed by atoms with van der Waals surface area (Å²) in [5.41, 5.74) is 2.45. The topological polar surface area (TPSA) is 16.1 Å². The number of nitrogens with zero attached hydrogens (tertiary/aromatic N) is 2. The van der Waals surface area contributed by atoms with Crippen LogP contribution in [-0.4, -0.2) is 29.5 Å². The Labute approximate surface area is 164 Å².